The highest BCUT2D eigenvalue weighted by Gasteiger charge is 2.28. The molecule has 6 heteroatoms. The van der Waals surface area contributed by atoms with E-state index >= 15 is 0 Å². The van der Waals surface area contributed by atoms with Gasteiger partial charge in [0.25, 0.3) is 0 Å². The predicted molar refractivity (Wildman–Crippen MR) is 123 cm³/mol. The van der Waals surface area contributed by atoms with E-state index in [1.54, 1.807) is 0 Å². The molecule has 1 atom stereocenters. The molecule has 1 saturated heterocycles. The molecular weight excluding hydrogens is 388 g/mol. The monoisotopic (exact) mass is 420 g/mol. The predicted octanol–water partition coefficient (Wildman–Crippen LogP) is 3.54. The summed E-state index contributed by atoms with van der Waals surface area (Å²) in [7, 11) is 0. The summed E-state index contributed by atoms with van der Waals surface area (Å²) in [4.78, 5) is 5.03. The smallest absolute Gasteiger partial charge is 0.163 e. The first-order valence-corrected chi connectivity index (χ1v) is 11.3. The van der Waals surface area contributed by atoms with Gasteiger partial charge in [-0.05, 0) is 62.6 Å². The fourth-order valence-corrected chi connectivity index (χ4v) is 4.64. The molecule has 0 saturated carbocycles. The molecule has 0 aliphatic carbocycles. The van der Waals surface area contributed by atoms with E-state index < -0.39 is 0 Å². The Bertz CT molecular complexity index is 918. The van der Waals surface area contributed by atoms with E-state index in [9.17, 15) is 5.26 Å². The average Bonchev–Trinajstić information content (AvgIpc) is 2.82. The standard InChI is InChI=1S/C25H32N4O2/c1-19(7-10-26)28-11-8-22(9-12-28)29(18-21-4-2-3-20(15-21)17-27)23-5-6-24-25(16-23)31-14-13-30-24/h2-6,15-16,19,22H,7-14,18,26H2,1H3. The molecule has 0 radical (unpaired) electrons. The van der Waals surface area contributed by atoms with E-state index in [1.807, 2.05) is 24.3 Å². The first kappa shape index (κ1) is 21.5. The van der Waals surface area contributed by atoms with E-state index in [0.29, 0.717) is 30.9 Å². The van der Waals surface area contributed by atoms with Crippen LogP contribution in [0.1, 0.15) is 37.3 Å². The summed E-state index contributed by atoms with van der Waals surface area (Å²) in [5, 5.41) is 9.31. The van der Waals surface area contributed by atoms with Crippen molar-refractivity contribution in [2.45, 2.75) is 44.8 Å². The van der Waals surface area contributed by atoms with E-state index in [0.717, 1.165) is 68.2 Å². The highest BCUT2D eigenvalue weighted by atomic mass is 16.6. The lowest BCUT2D eigenvalue weighted by Crippen LogP contribution is -2.47. The normalized spacial score (nSPS) is 17.7. The molecule has 2 aromatic carbocycles. The Balaban J connectivity index is 1.56. The van der Waals surface area contributed by atoms with Crippen molar-refractivity contribution in [3.63, 3.8) is 0 Å². The number of hydrogen-bond acceptors (Lipinski definition) is 6. The highest BCUT2D eigenvalue weighted by molar-refractivity contribution is 5.58. The molecule has 164 valence electrons. The molecule has 0 aromatic heterocycles. The van der Waals surface area contributed by atoms with Crippen LogP contribution in [0.15, 0.2) is 42.5 Å². The Morgan fingerprint density at radius 1 is 1.13 bits per heavy atom. The van der Waals surface area contributed by atoms with Crippen molar-refractivity contribution in [1.29, 1.82) is 5.26 Å². The zero-order valence-corrected chi connectivity index (χ0v) is 18.3. The van der Waals surface area contributed by atoms with Crippen LogP contribution in [0, 0.1) is 11.3 Å². The average molecular weight is 421 g/mol. The molecule has 0 spiro atoms. The van der Waals surface area contributed by atoms with Crippen LogP contribution in [-0.2, 0) is 6.54 Å². The molecule has 2 N–H and O–H groups in total. The van der Waals surface area contributed by atoms with Crippen molar-refractivity contribution in [3.05, 3.63) is 53.6 Å². The van der Waals surface area contributed by atoms with Crippen LogP contribution in [0.3, 0.4) is 0 Å². The fourth-order valence-electron chi connectivity index (χ4n) is 4.64. The van der Waals surface area contributed by atoms with Crippen molar-refractivity contribution in [1.82, 2.24) is 4.90 Å². The summed E-state index contributed by atoms with van der Waals surface area (Å²) in [6.45, 7) is 7.10. The number of nitriles is 1. The Hall–Kier alpha value is -2.75. The maximum absolute atomic E-state index is 9.31. The third-order valence-electron chi connectivity index (χ3n) is 6.41. The van der Waals surface area contributed by atoms with Crippen molar-refractivity contribution >= 4 is 5.69 Å². The number of anilines is 1. The molecule has 2 heterocycles. The number of piperidine rings is 1. The van der Waals surface area contributed by atoms with Gasteiger partial charge in [-0.2, -0.15) is 5.26 Å². The topological polar surface area (TPSA) is 74.8 Å². The number of benzene rings is 2. The second-order valence-electron chi connectivity index (χ2n) is 8.46. The van der Waals surface area contributed by atoms with Gasteiger partial charge in [-0.3, -0.25) is 0 Å². The van der Waals surface area contributed by atoms with E-state index in [4.69, 9.17) is 15.2 Å². The van der Waals surface area contributed by atoms with Crippen LogP contribution < -0.4 is 20.1 Å². The fraction of sp³-hybridized carbons (Fsp3) is 0.480. The number of nitrogens with two attached hydrogens (primary N) is 1. The van der Waals surface area contributed by atoms with Gasteiger partial charge in [-0.15, -0.1) is 0 Å². The first-order valence-electron chi connectivity index (χ1n) is 11.3. The van der Waals surface area contributed by atoms with E-state index in [-0.39, 0.29) is 0 Å². The summed E-state index contributed by atoms with van der Waals surface area (Å²) in [5.41, 5.74) is 8.76. The Morgan fingerprint density at radius 3 is 2.65 bits per heavy atom. The van der Waals surface area contributed by atoms with Gasteiger partial charge in [0.15, 0.2) is 11.5 Å². The van der Waals surface area contributed by atoms with Gasteiger partial charge in [-0.25, -0.2) is 0 Å². The van der Waals surface area contributed by atoms with E-state index in [1.165, 1.54) is 0 Å². The molecule has 4 rings (SSSR count). The largest absolute Gasteiger partial charge is 0.486 e. The zero-order chi connectivity index (χ0) is 21.6. The van der Waals surface area contributed by atoms with E-state index in [2.05, 4.69) is 41.0 Å². The van der Waals surface area contributed by atoms with Crippen LogP contribution in [0.5, 0.6) is 11.5 Å². The second kappa shape index (κ2) is 10.0. The molecule has 6 nitrogen and oxygen atoms in total. The van der Waals surface area contributed by atoms with Crippen LogP contribution in [0.25, 0.3) is 0 Å². The van der Waals surface area contributed by atoms with Gasteiger partial charge in [0.05, 0.1) is 11.6 Å². The van der Waals surface area contributed by atoms with Gasteiger partial charge in [0.1, 0.15) is 13.2 Å². The molecule has 31 heavy (non-hydrogen) atoms. The summed E-state index contributed by atoms with van der Waals surface area (Å²) in [5.74, 6) is 1.63. The lowest BCUT2D eigenvalue weighted by Gasteiger charge is -2.42. The Kier molecular flexibility index (Phi) is 6.96. The molecule has 0 bridgehead atoms. The van der Waals surface area contributed by atoms with Gasteiger partial charge in [0, 0.05) is 43.5 Å². The molecule has 0 amide bonds. The molecule has 2 aromatic rings. The zero-order valence-electron chi connectivity index (χ0n) is 18.3. The minimum atomic E-state index is 0.426. The van der Waals surface area contributed by atoms with Crippen molar-refractivity contribution < 1.29 is 9.47 Å². The summed E-state index contributed by atoms with van der Waals surface area (Å²) < 4.78 is 11.6. The lowest BCUT2D eigenvalue weighted by atomic mass is 9.99. The van der Waals surface area contributed by atoms with Crippen molar-refractivity contribution in [2.75, 3.05) is 37.7 Å². The van der Waals surface area contributed by atoms with Gasteiger partial charge < -0.3 is 25.0 Å². The summed E-state index contributed by atoms with van der Waals surface area (Å²) in [6, 6.07) is 17.4. The maximum Gasteiger partial charge on any atom is 0.163 e. The number of fused-ring (bicyclic) bond motifs is 1. The van der Waals surface area contributed by atoms with Gasteiger partial charge in [-0.1, -0.05) is 12.1 Å². The van der Waals surface area contributed by atoms with Gasteiger partial charge in [0.2, 0.25) is 0 Å². The molecule has 1 unspecified atom stereocenters. The number of likely N-dealkylation sites (tertiary alicyclic amines) is 1. The Morgan fingerprint density at radius 2 is 1.90 bits per heavy atom. The minimum absolute atomic E-state index is 0.426. The van der Waals surface area contributed by atoms with Crippen LogP contribution >= 0.6 is 0 Å². The van der Waals surface area contributed by atoms with Gasteiger partial charge >= 0.3 is 0 Å². The lowest BCUT2D eigenvalue weighted by molar-refractivity contribution is 0.154. The van der Waals surface area contributed by atoms with Crippen molar-refractivity contribution in [2.24, 2.45) is 5.73 Å². The number of nitrogens with zero attached hydrogens (tertiary/aromatic N) is 3. The number of hydrogen-bond donors (Lipinski definition) is 1. The third kappa shape index (κ3) is 5.12. The maximum atomic E-state index is 9.31. The van der Waals surface area contributed by atoms with Crippen molar-refractivity contribution in [3.8, 4) is 17.6 Å². The second-order valence-corrected chi connectivity index (χ2v) is 8.46. The minimum Gasteiger partial charge on any atom is -0.486 e. The van der Waals surface area contributed by atoms with Crippen LogP contribution in [0.4, 0.5) is 5.69 Å². The molecule has 1 fully saturated rings. The third-order valence-corrected chi connectivity index (χ3v) is 6.41. The quantitative estimate of drug-likeness (QED) is 0.739. The molecule has 2 aliphatic rings. The number of ether oxygens (including phenoxy) is 2. The SMILES string of the molecule is CC(CCN)N1CCC(N(Cc2cccc(C#N)c2)c2ccc3c(c2)OCCO3)CC1. The summed E-state index contributed by atoms with van der Waals surface area (Å²) >= 11 is 0. The van der Waals surface area contributed by atoms with Crippen LogP contribution in [-0.4, -0.2) is 49.8 Å². The van der Waals surface area contributed by atoms with Crippen LogP contribution in [0.2, 0.25) is 0 Å². The molecular formula is C25H32N4O2. The number of rotatable bonds is 7. The first-order chi connectivity index (χ1) is 15.2. The highest BCUT2D eigenvalue weighted by Crippen LogP contribution is 2.36. The summed E-state index contributed by atoms with van der Waals surface area (Å²) in [6.07, 6.45) is 3.24. The Labute approximate surface area is 185 Å². The molecule has 2 aliphatic heterocycles.